The molecule has 0 heterocycles. The van der Waals surface area contributed by atoms with Crippen molar-refractivity contribution in [2.24, 2.45) is 0 Å². The predicted octanol–water partition coefficient (Wildman–Crippen LogP) is 25.7. The van der Waals surface area contributed by atoms with E-state index in [2.05, 4.69) is 45.1 Å². The molecule has 6 nitrogen and oxygen atoms in total. The molecular weight excluding hydrogens is 1010 g/mol. The molecule has 0 aromatic rings. The summed E-state index contributed by atoms with van der Waals surface area (Å²) in [5.74, 6) is -0.843. The van der Waals surface area contributed by atoms with Gasteiger partial charge in [-0.2, -0.15) is 0 Å². The highest BCUT2D eigenvalue weighted by Crippen LogP contribution is 2.19. The molecule has 0 rings (SSSR count). The van der Waals surface area contributed by atoms with E-state index in [0.717, 1.165) is 64.2 Å². The second-order valence-electron chi connectivity index (χ2n) is 25.6. The Morgan fingerprint density at radius 2 is 0.402 bits per heavy atom. The van der Waals surface area contributed by atoms with Crippen molar-refractivity contribution in [3.63, 3.8) is 0 Å². The first-order chi connectivity index (χ1) is 40.5. The number of carbonyl (C=O) groups excluding carboxylic acids is 3. The summed E-state index contributed by atoms with van der Waals surface area (Å²) in [6, 6.07) is 0. The highest BCUT2D eigenvalue weighted by atomic mass is 16.6. The van der Waals surface area contributed by atoms with E-state index < -0.39 is 6.10 Å². The van der Waals surface area contributed by atoms with Gasteiger partial charge >= 0.3 is 17.9 Å². The maximum absolute atomic E-state index is 13.0. The maximum atomic E-state index is 13.0. The van der Waals surface area contributed by atoms with Crippen molar-refractivity contribution in [2.75, 3.05) is 13.2 Å². The Morgan fingerprint density at radius 1 is 0.232 bits per heavy atom. The van der Waals surface area contributed by atoms with Crippen LogP contribution in [0.4, 0.5) is 0 Å². The van der Waals surface area contributed by atoms with Crippen LogP contribution in [0.3, 0.4) is 0 Å². The van der Waals surface area contributed by atoms with E-state index in [0.29, 0.717) is 19.3 Å². The van der Waals surface area contributed by atoms with E-state index in [1.807, 2.05) is 0 Å². The minimum atomic E-state index is -0.773. The summed E-state index contributed by atoms with van der Waals surface area (Å²) >= 11 is 0. The fourth-order valence-electron chi connectivity index (χ4n) is 11.6. The van der Waals surface area contributed by atoms with Gasteiger partial charge in [0.05, 0.1) is 0 Å². The number of rotatable bonds is 70. The normalized spacial score (nSPS) is 12.1. The lowest BCUT2D eigenvalue weighted by molar-refractivity contribution is -0.167. The summed E-state index contributed by atoms with van der Waals surface area (Å²) in [4.78, 5) is 38.5. The standard InChI is InChI=1S/C76H144O6/c1-4-7-10-13-16-19-22-25-28-30-32-34-36-38-40-42-44-46-48-51-54-57-60-63-66-69-75(78)81-72-73(71-80-74(77)68-65-62-59-56-53-50-27-24-21-18-15-12-9-6-3)82-76(79)70-67-64-61-58-55-52-49-47-45-43-41-39-37-35-33-31-29-26-23-20-17-14-11-8-5-2/h24,27,30,32,73H,4-23,25-26,28-29,31,33-72H2,1-3H3/b27-24-,32-30-. The summed E-state index contributed by atoms with van der Waals surface area (Å²) in [6.45, 7) is 6.71. The zero-order valence-corrected chi connectivity index (χ0v) is 55.8. The summed E-state index contributed by atoms with van der Waals surface area (Å²) in [6.07, 6.45) is 88.0. The van der Waals surface area contributed by atoms with E-state index in [1.165, 1.54) is 321 Å². The molecule has 0 aromatic heterocycles. The molecule has 484 valence electrons. The van der Waals surface area contributed by atoms with Gasteiger partial charge in [-0.25, -0.2) is 0 Å². The molecule has 1 unspecified atom stereocenters. The zero-order chi connectivity index (χ0) is 59.2. The molecule has 0 amide bonds. The van der Waals surface area contributed by atoms with Gasteiger partial charge in [0.25, 0.3) is 0 Å². The van der Waals surface area contributed by atoms with E-state index in [4.69, 9.17) is 14.2 Å². The second-order valence-corrected chi connectivity index (χ2v) is 25.6. The van der Waals surface area contributed by atoms with Gasteiger partial charge in [0.1, 0.15) is 13.2 Å². The molecule has 0 aliphatic heterocycles. The Bertz CT molecular complexity index is 1320. The molecule has 0 spiro atoms. The molecule has 0 bridgehead atoms. The van der Waals surface area contributed by atoms with Crippen molar-refractivity contribution in [1.29, 1.82) is 0 Å². The molecule has 0 N–H and O–H groups in total. The lowest BCUT2D eigenvalue weighted by Crippen LogP contribution is -2.30. The molecule has 0 aliphatic carbocycles. The van der Waals surface area contributed by atoms with Crippen LogP contribution < -0.4 is 0 Å². The monoisotopic (exact) mass is 1150 g/mol. The van der Waals surface area contributed by atoms with Crippen LogP contribution in [0.2, 0.25) is 0 Å². The number of unbranched alkanes of at least 4 members (excludes halogenated alkanes) is 55. The molecule has 0 aliphatic rings. The highest BCUT2D eigenvalue weighted by Gasteiger charge is 2.20. The Kier molecular flexibility index (Phi) is 69.5. The Hall–Kier alpha value is -2.11. The van der Waals surface area contributed by atoms with E-state index in [1.54, 1.807) is 0 Å². The Labute approximate surface area is 513 Å². The highest BCUT2D eigenvalue weighted by molar-refractivity contribution is 5.71. The number of hydrogen-bond donors (Lipinski definition) is 0. The van der Waals surface area contributed by atoms with Gasteiger partial charge in [-0.3, -0.25) is 14.4 Å². The number of allylic oxidation sites excluding steroid dienone is 4. The smallest absolute Gasteiger partial charge is 0.306 e. The third kappa shape index (κ3) is 68.7. The van der Waals surface area contributed by atoms with Crippen molar-refractivity contribution >= 4 is 17.9 Å². The van der Waals surface area contributed by atoms with E-state index >= 15 is 0 Å². The molecule has 0 saturated carbocycles. The van der Waals surface area contributed by atoms with Crippen LogP contribution >= 0.6 is 0 Å². The fourth-order valence-corrected chi connectivity index (χ4v) is 11.6. The van der Waals surface area contributed by atoms with E-state index in [-0.39, 0.29) is 31.1 Å². The van der Waals surface area contributed by atoms with Gasteiger partial charge < -0.3 is 14.2 Å². The maximum Gasteiger partial charge on any atom is 0.306 e. The minimum absolute atomic E-state index is 0.0680. The SMILES string of the molecule is CCCCCCC/C=C\CCCCCCCC(=O)OCC(COC(=O)CCCCCCCCCCCCCCC/C=C\CCCCCCCCCC)OC(=O)CCCCCCCCCCCCCCCCCCCCCCCCCCC. The average Bonchev–Trinajstić information content (AvgIpc) is 3.48. The lowest BCUT2D eigenvalue weighted by atomic mass is 10.0. The second kappa shape index (κ2) is 71.4. The molecule has 0 saturated heterocycles. The van der Waals surface area contributed by atoms with Gasteiger partial charge in [-0.05, 0) is 70.6 Å². The minimum Gasteiger partial charge on any atom is -0.462 e. The predicted molar refractivity (Wildman–Crippen MR) is 358 cm³/mol. The van der Waals surface area contributed by atoms with Crippen molar-refractivity contribution < 1.29 is 28.6 Å². The Morgan fingerprint density at radius 3 is 0.610 bits per heavy atom. The van der Waals surface area contributed by atoms with Gasteiger partial charge in [0.2, 0.25) is 0 Å². The summed E-state index contributed by atoms with van der Waals surface area (Å²) in [5.41, 5.74) is 0. The van der Waals surface area contributed by atoms with Crippen LogP contribution in [0.15, 0.2) is 24.3 Å². The molecule has 82 heavy (non-hydrogen) atoms. The molecule has 0 aromatic carbocycles. The first-order valence-corrected chi connectivity index (χ1v) is 37.3. The van der Waals surface area contributed by atoms with Crippen LogP contribution in [0, 0.1) is 0 Å². The number of hydrogen-bond acceptors (Lipinski definition) is 6. The van der Waals surface area contributed by atoms with E-state index in [9.17, 15) is 14.4 Å². The van der Waals surface area contributed by atoms with Gasteiger partial charge in [-0.15, -0.1) is 0 Å². The van der Waals surface area contributed by atoms with Gasteiger partial charge in [0, 0.05) is 19.3 Å². The Balaban J connectivity index is 4.22. The lowest BCUT2D eigenvalue weighted by Gasteiger charge is -2.18. The van der Waals surface area contributed by atoms with Crippen molar-refractivity contribution in [3.8, 4) is 0 Å². The third-order valence-electron chi connectivity index (χ3n) is 17.2. The third-order valence-corrected chi connectivity index (χ3v) is 17.2. The fraction of sp³-hybridized carbons (Fsp3) is 0.908. The zero-order valence-electron chi connectivity index (χ0n) is 55.8. The topological polar surface area (TPSA) is 78.9 Å². The van der Waals surface area contributed by atoms with Crippen molar-refractivity contribution in [1.82, 2.24) is 0 Å². The first kappa shape index (κ1) is 79.9. The molecule has 1 atom stereocenters. The molecule has 6 heteroatoms. The first-order valence-electron chi connectivity index (χ1n) is 37.3. The number of carbonyl (C=O) groups is 3. The van der Waals surface area contributed by atoms with Crippen molar-refractivity contribution in [2.45, 2.75) is 431 Å². The summed E-state index contributed by atoms with van der Waals surface area (Å²) < 4.78 is 17.0. The van der Waals surface area contributed by atoms with Gasteiger partial charge in [0.15, 0.2) is 6.10 Å². The largest absolute Gasteiger partial charge is 0.462 e. The summed E-state index contributed by atoms with van der Waals surface area (Å²) in [5, 5.41) is 0. The van der Waals surface area contributed by atoms with Crippen LogP contribution in [-0.2, 0) is 28.6 Å². The average molecular weight is 1150 g/mol. The van der Waals surface area contributed by atoms with Crippen LogP contribution in [0.5, 0.6) is 0 Å². The number of ether oxygens (including phenoxy) is 3. The van der Waals surface area contributed by atoms with Crippen LogP contribution in [0.25, 0.3) is 0 Å². The molecular formula is C76H144O6. The quantitative estimate of drug-likeness (QED) is 0.0261. The van der Waals surface area contributed by atoms with Crippen molar-refractivity contribution in [3.05, 3.63) is 24.3 Å². The summed E-state index contributed by atoms with van der Waals surface area (Å²) in [7, 11) is 0. The van der Waals surface area contributed by atoms with Crippen LogP contribution in [-0.4, -0.2) is 37.2 Å². The molecule has 0 radical (unpaired) electrons. The van der Waals surface area contributed by atoms with Gasteiger partial charge in [-0.1, -0.05) is 360 Å². The number of esters is 3. The molecule has 0 fully saturated rings. The van der Waals surface area contributed by atoms with Crippen LogP contribution in [0.1, 0.15) is 425 Å².